The summed E-state index contributed by atoms with van der Waals surface area (Å²) in [5, 5.41) is 12.7. The van der Waals surface area contributed by atoms with E-state index < -0.39 is 29.4 Å². The Labute approximate surface area is 130 Å². The van der Waals surface area contributed by atoms with Crippen LogP contribution in [0.4, 0.5) is 0 Å². The lowest BCUT2D eigenvalue weighted by Crippen LogP contribution is -2.63. The molecule has 3 N–H and O–H groups in total. The molecule has 1 saturated heterocycles. The minimum atomic E-state index is -0.748. The molecule has 0 spiro atoms. The lowest BCUT2D eigenvalue weighted by Gasteiger charge is -2.43. The molecule has 2 aliphatic heterocycles. The Kier molecular flexibility index (Phi) is 3.05. The summed E-state index contributed by atoms with van der Waals surface area (Å²) in [5.41, 5.74) is 2.22. The Balaban J connectivity index is 1.59. The van der Waals surface area contributed by atoms with Crippen molar-refractivity contribution in [2.45, 2.75) is 31.2 Å². The molecule has 0 bridgehead atoms. The van der Waals surface area contributed by atoms with Crippen molar-refractivity contribution < 1.29 is 19.4 Å². The molecule has 2 fully saturated rings. The van der Waals surface area contributed by atoms with Crippen LogP contribution in [-0.2, 0) is 9.53 Å². The monoisotopic (exact) mass is 320 g/mol. The zero-order chi connectivity index (χ0) is 16.1. The van der Waals surface area contributed by atoms with Gasteiger partial charge in [-0.05, 0) is 12.8 Å². The molecule has 3 aliphatic rings. The molecule has 0 aromatic carbocycles. The van der Waals surface area contributed by atoms with Gasteiger partial charge in [0.05, 0.1) is 13.2 Å². The van der Waals surface area contributed by atoms with Gasteiger partial charge >= 0.3 is 0 Å². The van der Waals surface area contributed by atoms with Crippen molar-refractivity contribution in [3.8, 4) is 5.75 Å². The Morgan fingerprint density at radius 3 is 2.91 bits per heavy atom. The summed E-state index contributed by atoms with van der Waals surface area (Å²) in [6.07, 6.45) is 2.12. The van der Waals surface area contributed by atoms with Crippen LogP contribution in [-0.4, -0.2) is 58.0 Å². The van der Waals surface area contributed by atoms with Crippen molar-refractivity contribution in [2.75, 3.05) is 18.6 Å². The number of fused-ring (bicyclic) bond motifs is 2. The van der Waals surface area contributed by atoms with Crippen molar-refractivity contribution >= 4 is 11.8 Å². The molecule has 9 nitrogen and oxygen atoms in total. The van der Waals surface area contributed by atoms with Gasteiger partial charge in [-0.1, -0.05) is 0 Å². The molecule has 3 heterocycles. The summed E-state index contributed by atoms with van der Waals surface area (Å²) in [4.78, 5) is 37.7. The number of carbonyl (C=O) groups excluding carboxylic acids is 2. The molecule has 9 heteroatoms. The van der Waals surface area contributed by atoms with Crippen molar-refractivity contribution in [1.82, 2.24) is 14.9 Å². The summed E-state index contributed by atoms with van der Waals surface area (Å²) >= 11 is 0. The van der Waals surface area contributed by atoms with E-state index in [4.69, 9.17) is 4.74 Å². The van der Waals surface area contributed by atoms with E-state index in [2.05, 4.69) is 10.7 Å². The quantitative estimate of drug-likeness (QED) is 0.615. The summed E-state index contributed by atoms with van der Waals surface area (Å²) in [6, 6.07) is 1.38. The van der Waals surface area contributed by atoms with Crippen LogP contribution in [0.3, 0.4) is 0 Å². The average Bonchev–Trinajstić information content (AvgIpc) is 3.34. The molecule has 122 valence electrons. The van der Waals surface area contributed by atoms with Gasteiger partial charge in [0.2, 0.25) is 5.43 Å². The molecule has 1 saturated carbocycles. The van der Waals surface area contributed by atoms with Crippen LogP contribution in [0.25, 0.3) is 0 Å². The van der Waals surface area contributed by atoms with Crippen molar-refractivity contribution in [3.63, 3.8) is 0 Å². The Bertz CT molecular complexity index is 741. The number of aromatic hydroxyl groups is 1. The van der Waals surface area contributed by atoms with Gasteiger partial charge in [-0.15, -0.1) is 0 Å². The first-order valence-corrected chi connectivity index (χ1v) is 7.48. The standard InChI is InChI=1S/C14H16N4O5/c19-8-3-4-18-11(12(8)20)14(22)17-5-9(23-6-10(17)16-18)13(21)15-7-1-2-7/h3-4,7,9-10,16,20H,1-2,5-6H2,(H,15,21)/t9?,10-/m0/s1. The average molecular weight is 320 g/mol. The highest BCUT2D eigenvalue weighted by atomic mass is 16.5. The predicted octanol–water partition coefficient (Wildman–Crippen LogP) is -1.44. The molecular weight excluding hydrogens is 304 g/mol. The molecule has 0 radical (unpaired) electrons. The topological polar surface area (TPSA) is 113 Å². The number of hydrogen-bond donors (Lipinski definition) is 3. The number of ether oxygens (including phenoxy) is 1. The molecule has 1 unspecified atom stereocenters. The van der Waals surface area contributed by atoms with Crippen molar-refractivity contribution in [1.29, 1.82) is 0 Å². The van der Waals surface area contributed by atoms with Crippen LogP contribution in [0.1, 0.15) is 23.3 Å². The molecule has 1 aliphatic carbocycles. The number of hydrogen-bond acceptors (Lipinski definition) is 6. The maximum Gasteiger partial charge on any atom is 0.278 e. The second kappa shape index (κ2) is 4.98. The smallest absolute Gasteiger partial charge is 0.278 e. The number of pyridine rings is 1. The molecule has 2 atom stereocenters. The van der Waals surface area contributed by atoms with Gasteiger partial charge in [-0.3, -0.25) is 19.1 Å². The first kappa shape index (κ1) is 14.1. The number of rotatable bonds is 2. The van der Waals surface area contributed by atoms with E-state index in [9.17, 15) is 19.5 Å². The lowest BCUT2D eigenvalue weighted by molar-refractivity contribution is -0.140. The van der Waals surface area contributed by atoms with Gasteiger partial charge in [0, 0.05) is 18.3 Å². The Morgan fingerprint density at radius 1 is 1.39 bits per heavy atom. The number of amides is 2. The van der Waals surface area contributed by atoms with E-state index >= 15 is 0 Å². The molecule has 23 heavy (non-hydrogen) atoms. The van der Waals surface area contributed by atoms with E-state index in [1.807, 2.05) is 0 Å². The Morgan fingerprint density at radius 2 is 2.17 bits per heavy atom. The predicted molar refractivity (Wildman–Crippen MR) is 77.5 cm³/mol. The van der Waals surface area contributed by atoms with Crippen molar-refractivity contribution in [3.05, 3.63) is 28.2 Å². The van der Waals surface area contributed by atoms with E-state index in [-0.39, 0.29) is 30.8 Å². The van der Waals surface area contributed by atoms with Crippen LogP contribution >= 0.6 is 0 Å². The van der Waals surface area contributed by atoms with Gasteiger partial charge in [0.25, 0.3) is 11.8 Å². The number of nitrogens with zero attached hydrogens (tertiary/aromatic N) is 2. The molecular formula is C14H16N4O5. The van der Waals surface area contributed by atoms with Crippen LogP contribution in [0.15, 0.2) is 17.1 Å². The zero-order valence-electron chi connectivity index (χ0n) is 12.2. The third kappa shape index (κ3) is 2.33. The van der Waals surface area contributed by atoms with E-state index in [0.717, 1.165) is 12.8 Å². The number of aromatic nitrogens is 1. The Hall–Kier alpha value is -2.55. The van der Waals surface area contributed by atoms with Crippen LogP contribution < -0.4 is 16.2 Å². The molecule has 1 aromatic rings. The third-order valence-electron chi connectivity index (χ3n) is 4.24. The minimum Gasteiger partial charge on any atom is -0.502 e. The number of morpholine rings is 1. The molecule has 4 rings (SSSR count). The van der Waals surface area contributed by atoms with Gasteiger partial charge < -0.3 is 25.5 Å². The summed E-state index contributed by atoms with van der Waals surface area (Å²) in [5.74, 6) is -1.34. The largest absolute Gasteiger partial charge is 0.502 e. The summed E-state index contributed by atoms with van der Waals surface area (Å²) in [6.45, 7) is 0.207. The first-order valence-electron chi connectivity index (χ1n) is 7.48. The highest BCUT2D eigenvalue weighted by Crippen LogP contribution is 2.24. The highest BCUT2D eigenvalue weighted by Gasteiger charge is 2.41. The second-order valence-electron chi connectivity index (χ2n) is 5.95. The molecule has 2 amide bonds. The van der Waals surface area contributed by atoms with Crippen LogP contribution in [0, 0.1) is 0 Å². The fraction of sp³-hybridized carbons (Fsp3) is 0.500. The zero-order valence-corrected chi connectivity index (χ0v) is 12.2. The number of nitrogens with one attached hydrogen (secondary N) is 2. The van der Waals surface area contributed by atoms with Gasteiger partial charge in [0.15, 0.2) is 17.5 Å². The normalized spacial score (nSPS) is 26.1. The van der Waals surface area contributed by atoms with Crippen LogP contribution in [0.2, 0.25) is 0 Å². The maximum absolute atomic E-state index is 12.6. The third-order valence-corrected chi connectivity index (χ3v) is 4.24. The van der Waals surface area contributed by atoms with Gasteiger partial charge in [-0.2, -0.15) is 0 Å². The summed E-state index contributed by atoms with van der Waals surface area (Å²) < 4.78 is 6.86. The van der Waals surface area contributed by atoms with E-state index in [0.29, 0.717) is 0 Å². The van der Waals surface area contributed by atoms with Crippen LogP contribution in [0.5, 0.6) is 5.75 Å². The van der Waals surface area contributed by atoms with Gasteiger partial charge in [0.1, 0.15) is 6.17 Å². The van der Waals surface area contributed by atoms with E-state index in [1.165, 1.54) is 21.8 Å². The highest BCUT2D eigenvalue weighted by molar-refractivity contribution is 5.97. The van der Waals surface area contributed by atoms with Crippen molar-refractivity contribution in [2.24, 2.45) is 0 Å². The fourth-order valence-electron chi connectivity index (χ4n) is 2.80. The fourth-order valence-corrected chi connectivity index (χ4v) is 2.80. The maximum atomic E-state index is 12.6. The van der Waals surface area contributed by atoms with Gasteiger partial charge in [-0.25, -0.2) is 0 Å². The number of carbonyl (C=O) groups is 2. The lowest BCUT2D eigenvalue weighted by atomic mass is 10.1. The minimum absolute atomic E-state index is 0.0670. The summed E-state index contributed by atoms with van der Waals surface area (Å²) in [7, 11) is 0. The molecule has 1 aromatic heterocycles. The van der Waals surface area contributed by atoms with E-state index in [1.54, 1.807) is 0 Å². The first-order chi connectivity index (χ1) is 11.0. The second-order valence-corrected chi connectivity index (χ2v) is 5.95. The SMILES string of the molecule is O=C(NC1CC1)C1CN2C(=O)c3c(O)c(=O)ccn3N[C@@H]2CO1.